The zero-order chi connectivity index (χ0) is 10.4. The van der Waals surface area contributed by atoms with Crippen LogP contribution >= 0.6 is 0 Å². The summed E-state index contributed by atoms with van der Waals surface area (Å²) < 4.78 is 5.42. The molecule has 14 heavy (non-hydrogen) atoms. The Morgan fingerprint density at radius 1 is 1.36 bits per heavy atom. The Labute approximate surface area is 88.4 Å². The molecule has 0 heterocycles. The second-order valence-corrected chi connectivity index (χ2v) is 4.94. The van der Waals surface area contributed by atoms with Gasteiger partial charge in [-0.2, -0.15) is 0 Å². The van der Waals surface area contributed by atoms with E-state index < -0.39 is 0 Å². The summed E-state index contributed by atoms with van der Waals surface area (Å²) in [6.45, 7) is 6.84. The van der Waals surface area contributed by atoms with Crippen molar-refractivity contribution in [3.63, 3.8) is 0 Å². The van der Waals surface area contributed by atoms with Crippen molar-refractivity contribution < 1.29 is 4.74 Å². The Balaban J connectivity index is 2.11. The smallest absolute Gasteiger partial charge is 0.0574 e. The van der Waals surface area contributed by atoms with Gasteiger partial charge in [0, 0.05) is 7.11 Å². The van der Waals surface area contributed by atoms with E-state index in [9.17, 15) is 0 Å². The predicted octanol–water partition coefficient (Wildman–Crippen LogP) is 2.44. The molecule has 0 spiro atoms. The van der Waals surface area contributed by atoms with Crippen LogP contribution in [0.15, 0.2) is 0 Å². The molecule has 0 radical (unpaired) electrons. The molecule has 2 nitrogen and oxygen atoms in total. The third kappa shape index (κ3) is 4.43. The van der Waals surface area contributed by atoms with Crippen molar-refractivity contribution in [1.82, 2.24) is 5.32 Å². The summed E-state index contributed by atoms with van der Waals surface area (Å²) in [5.74, 6) is 1.60. The van der Waals surface area contributed by atoms with E-state index in [1.165, 1.54) is 32.2 Å². The fraction of sp³-hybridized carbons (Fsp3) is 1.00. The van der Waals surface area contributed by atoms with Crippen molar-refractivity contribution in [1.29, 1.82) is 0 Å². The first-order valence-electron chi connectivity index (χ1n) is 5.96. The highest BCUT2D eigenvalue weighted by atomic mass is 16.5. The molecule has 0 aromatic heterocycles. The summed E-state index contributed by atoms with van der Waals surface area (Å²) in [6, 6.07) is 0. The van der Waals surface area contributed by atoms with Crippen molar-refractivity contribution in [3.05, 3.63) is 0 Å². The molecule has 0 aromatic rings. The van der Waals surface area contributed by atoms with E-state index in [1.807, 2.05) is 7.11 Å². The number of nitrogens with one attached hydrogen (secondary N) is 1. The molecule has 2 heteroatoms. The molecule has 1 N–H and O–H groups in total. The Morgan fingerprint density at radius 2 is 2.14 bits per heavy atom. The first-order chi connectivity index (χ1) is 6.72. The molecular formula is C12H25NO. The molecule has 2 unspecified atom stereocenters. The maximum Gasteiger partial charge on any atom is 0.0574 e. The third-order valence-electron chi connectivity index (χ3n) is 3.05. The van der Waals surface area contributed by atoms with Crippen LogP contribution in [0.1, 0.15) is 39.5 Å². The van der Waals surface area contributed by atoms with Crippen molar-refractivity contribution >= 4 is 0 Å². The van der Waals surface area contributed by atoms with E-state index in [2.05, 4.69) is 19.2 Å². The summed E-state index contributed by atoms with van der Waals surface area (Å²) in [4.78, 5) is 0. The summed E-state index contributed by atoms with van der Waals surface area (Å²) in [5.41, 5.74) is 0. The summed E-state index contributed by atoms with van der Waals surface area (Å²) >= 11 is 0. The van der Waals surface area contributed by atoms with Gasteiger partial charge in [-0.15, -0.1) is 0 Å². The van der Waals surface area contributed by atoms with Crippen molar-refractivity contribution in [2.75, 3.05) is 20.2 Å². The van der Waals surface area contributed by atoms with Crippen LogP contribution in [-0.2, 0) is 4.74 Å². The van der Waals surface area contributed by atoms with Gasteiger partial charge in [-0.1, -0.05) is 20.3 Å². The fourth-order valence-corrected chi connectivity index (χ4v) is 2.22. The molecule has 0 amide bonds. The van der Waals surface area contributed by atoms with Crippen molar-refractivity contribution in [2.24, 2.45) is 11.8 Å². The van der Waals surface area contributed by atoms with Crippen LogP contribution < -0.4 is 5.32 Å². The van der Waals surface area contributed by atoms with Crippen molar-refractivity contribution in [3.8, 4) is 0 Å². The average Bonchev–Trinajstić information content (AvgIpc) is 2.18. The number of methoxy groups -OCH3 is 1. The predicted molar refractivity (Wildman–Crippen MR) is 60.5 cm³/mol. The zero-order valence-electron chi connectivity index (χ0n) is 9.88. The second kappa shape index (κ2) is 6.41. The lowest BCUT2D eigenvalue weighted by molar-refractivity contribution is 0.0506. The molecule has 0 saturated heterocycles. The lowest BCUT2D eigenvalue weighted by Gasteiger charge is -2.28. The van der Waals surface area contributed by atoms with E-state index >= 15 is 0 Å². The molecule has 1 aliphatic rings. The van der Waals surface area contributed by atoms with Gasteiger partial charge >= 0.3 is 0 Å². The minimum absolute atomic E-state index is 0.523. The molecule has 0 aromatic carbocycles. The average molecular weight is 199 g/mol. The second-order valence-electron chi connectivity index (χ2n) is 4.94. The van der Waals surface area contributed by atoms with Gasteiger partial charge in [0.05, 0.1) is 6.10 Å². The number of rotatable bonds is 5. The summed E-state index contributed by atoms with van der Waals surface area (Å²) in [5, 5.41) is 3.54. The summed E-state index contributed by atoms with van der Waals surface area (Å²) in [7, 11) is 1.84. The maximum atomic E-state index is 5.42. The lowest BCUT2D eigenvalue weighted by atomic mass is 9.87. The van der Waals surface area contributed by atoms with E-state index in [-0.39, 0.29) is 0 Å². The normalized spacial score (nSPS) is 28.3. The number of ether oxygens (including phenoxy) is 1. The minimum Gasteiger partial charge on any atom is -0.381 e. The van der Waals surface area contributed by atoms with Crippen LogP contribution in [0, 0.1) is 11.8 Å². The monoisotopic (exact) mass is 199 g/mol. The molecule has 84 valence electrons. The van der Waals surface area contributed by atoms with E-state index in [1.54, 1.807) is 0 Å². The molecule has 0 bridgehead atoms. The van der Waals surface area contributed by atoms with Gasteiger partial charge in [0.1, 0.15) is 0 Å². The van der Waals surface area contributed by atoms with Gasteiger partial charge in [-0.05, 0) is 44.2 Å². The van der Waals surface area contributed by atoms with Gasteiger partial charge in [0.15, 0.2) is 0 Å². The molecular weight excluding hydrogens is 174 g/mol. The maximum absolute atomic E-state index is 5.42. The first-order valence-corrected chi connectivity index (χ1v) is 5.96. The number of hydrogen-bond acceptors (Lipinski definition) is 2. The molecule has 1 fully saturated rings. The molecule has 1 aliphatic carbocycles. The minimum atomic E-state index is 0.523. The van der Waals surface area contributed by atoms with Crippen molar-refractivity contribution in [2.45, 2.75) is 45.6 Å². The number of hydrogen-bond donors (Lipinski definition) is 1. The molecule has 1 rings (SSSR count). The van der Waals surface area contributed by atoms with E-state index in [4.69, 9.17) is 4.74 Å². The van der Waals surface area contributed by atoms with Crippen LogP contribution in [0.3, 0.4) is 0 Å². The van der Waals surface area contributed by atoms with Crippen LogP contribution in [0.5, 0.6) is 0 Å². The zero-order valence-corrected chi connectivity index (χ0v) is 9.88. The van der Waals surface area contributed by atoms with Gasteiger partial charge in [0.25, 0.3) is 0 Å². The summed E-state index contributed by atoms with van der Waals surface area (Å²) in [6.07, 6.45) is 5.76. The first kappa shape index (κ1) is 12.0. The highest BCUT2D eigenvalue weighted by Crippen LogP contribution is 2.25. The fourth-order valence-electron chi connectivity index (χ4n) is 2.22. The van der Waals surface area contributed by atoms with Gasteiger partial charge in [0.2, 0.25) is 0 Å². The standard InChI is InChI=1S/C12H25NO/c1-10(2)8-13-9-11-5-4-6-12(7-11)14-3/h10-13H,4-9H2,1-3H3. The van der Waals surface area contributed by atoms with E-state index in [0.29, 0.717) is 6.10 Å². The van der Waals surface area contributed by atoms with Gasteiger partial charge in [-0.3, -0.25) is 0 Å². The Bertz CT molecular complexity index is 147. The third-order valence-corrected chi connectivity index (χ3v) is 3.05. The Kier molecular flexibility index (Phi) is 5.49. The highest BCUT2D eigenvalue weighted by molar-refractivity contribution is 4.74. The Morgan fingerprint density at radius 3 is 2.79 bits per heavy atom. The highest BCUT2D eigenvalue weighted by Gasteiger charge is 2.20. The quantitative estimate of drug-likeness (QED) is 0.734. The van der Waals surface area contributed by atoms with E-state index in [0.717, 1.165) is 18.4 Å². The van der Waals surface area contributed by atoms with Crippen LogP contribution in [0.25, 0.3) is 0 Å². The topological polar surface area (TPSA) is 21.3 Å². The van der Waals surface area contributed by atoms with Gasteiger partial charge in [-0.25, -0.2) is 0 Å². The molecule has 2 atom stereocenters. The lowest BCUT2D eigenvalue weighted by Crippen LogP contribution is -2.31. The molecule has 1 saturated carbocycles. The molecule has 0 aliphatic heterocycles. The van der Waals surface area contributed by atoms with Crippen LogP contribution in [0.2, 0.25) is 0 Å². The largest absolute Gasteiger partial charge is 0.381 e. The SMILES string of the molecule is COC1CCCC(CNCC(C)C)C1. The van der Waals surface area contributed by atoms with Crippen LogP contribution in [0.4, 0.5) is 0 Å². The van der Waals surface area contributed by atoms with Crippen LogP contribution in [-0.4, -0.2) is 26.3 Å². The van der Waals surface area contributed by atoms with Gasteiger partial charge < -0.3 is 10.1 Å². The Hall–Kier alpha value is -0.0800.